The van der Waals surface area contributed by atoms with E-state index in [1.165, 1.54) is 6.20 Å². The number of nitrogens with zero attached hydrogens (tertiary/aromatic N) is 2. The van der Waals surface area contributed by atoms with Gasteiger partial charge in [0.1, 0.15) is 11.4 Å². The molecule has 2 fully saturated rings. The molecule has 2 aromatic rings. The zero-order valence-electron chi connectivity index (χ0n) is 18.9. The van der Waals surface area contributed by atoms with Gasteiger partial charge in [-0.1, -0.05) is 19.1 Å². The summed E-state index contributed by atoms with van der Waals surface area (Å²) in [6.45, 7) is 3.88. The Kier molecular flexibility index (Phi) is 6.95. The first-order valence-electron chi connectivity index (χ1n) is 11.4. The van der Waals surface area contributed by atoms with Crippen LogP contribution in [0.15, 0.2) is 36.5 Å². The molecule has 2 aliphatic rings. The van der Waals surface area contributed by atoms with Crippen molar-refractivity contribution in [3.63, 3.8) is 0 Å². The predicted octanol–water partition coefficient (Wildman–Crippen LogP) is 3.83. The normalized spacial score (nSPS) is 19.1. The van der Waals surface area contributed by atoms with E-state index in [2.05, 4.69) is 27.9 Å². The largest absolute Gasteiger partial charge is 0.420 e. The molecule has 34 heavy (non-hydrogen) atoms. The van der Waals surface area contributed by atoms with Gasteiger partial charge in [-0.2, -0.15) is 13.2 Å². The van der Waals surface area contributed by atoms with Gasteiger partial charge in [0.05, 0.1) is 17.8 Å². The highest BCUT2D eigenvalue weighted by Crippen LogP contribution is 2.38. The van der Waals surface area contributed by atoms with Crippen LogP contribution >= 0.6 is 0 Å². The third-order valence-corrected chi connectivity index (χ3v) is 6.31. The van der Waals surface area contributed by atoms with Crippen LogP contribution in [0.4, 0.5) is 30.4 Å². The van der Waals surface area contributed by atoms with E-state index in [1.54, 1.807) is 29.2 Å². The molecule has 4 rings (SSSR count). The van der Waals surface area contributed by atoms with Crippen LogP contribution in [0.25, 0.3) is 0 Å². The number of rotatable bonds is 6. The van der Waals surface area contributed by atoms with E-state index in [9.17, 15) is 22.8 Å². The maximum atomic E-state index is 13.8. The summed E-state index contributed by atoms with van der Waals surface area (Å²) in [5, 5.41) is 8.41. The van der Waals surface area contributed by atoms with Gasteiger partial charge >= 0.3 is 6.18 Å². The number of halogens is 3. The molecular weight excluding hydrogens is 447 g/mol. The van der Waals surface area contributed by atoms with Gasteiger partial charge in [0.15, 0.2) is 0 Å². The Morgan fingerprint density at radius 1 is 1.18 bits per heavy atom. The third kappa shape index (κ3) is 5.78. The Morgan fingerprint density at radius 3 is 2.50 bits per heavy atom. The second-order valence-electron chi connectivity index (χ2n) is 9.01. The van der Waals surface area contributed by atoms with Gasteiger partial charge in [0.2, 0.25) is 11.8 Å². The maximum Gasteiger partial charge on any atom is 0.420 e. The van der Waals surface area contributed by atoms with Crippen molar-refractivity contribution in [2.24, 2.45) is 11.8 Å². The molecule has 2 saturated heterocycles. The van der Waals surface area contributed by atoms with Crippen LogP contribution in [0, 0.1) is 11.8 Å². The van der Waals surface area contributed by atoms with Crippen LogP contribution in [0.2, 0.25) is 0 Å². The van der Waals surface area contributed by atoms with E-state index >= 15 is 0 Å². The van der Waals surface area contributed by atoms with Crippen molar-refractivity contribution in [2.45, 2.75) is 38.9 Å². The van der Waals surface area contributed by atoms with Crippen LogP contribution in [-0.2, 0) is 22.3 Å². The number of carbonyl (C=O) groups excluding carboxylic acids is 2. The number of aromatic nitrogens is 1. The minimum Gasteiger partial charge on any atom is -0.356 e. The van der Waals surface area contributed by atoms with E-state index in [4.69, 9.17) is 0 Å². The highest BCUT2D eigenvalue weighted by atomic mass is 19.4. The lowest BCUT2D eigenvalue weighted by atomic mass is 9.99. The molecule has 182 valence electrons. The van der Waals surface area contributed by atoms with Crippen molar-refractivity contribution < 1.29 is 22.8 Å². The lowest BCUT2D eigenvalue weighted by molar-refractivity contribution is -0.137. The molecule has 1 unspecified atom stereocenters. The molecule has 0 saturated carbocycles. The Morgan fingerprint density at radius 2 is 1.88 bits per heavy atom. The number of hydrogen-bond donors (Lipinski definition) is 3. The smallest absolute Gasteiger partial charge is 0.356 e. The van der Waals surface area contributed by atoms with Crippen molar-refractivity contribution >= 4 is 29.0 Å². The molecule has 1 aromatic carbocycles. The quantitative estimate of drug-likeness (QED) is 0.591. The monoisotopic (exact) mass is 475 g/mol. The summed E-state index contributed by atoms with van der Waals surface area (Å²) >= 11 is 0. The highest BCUT2D eigenvalue weighted by Gasteiger charge is 2.37. The summed E-state index contributed by atoms with van der Waals surface area (Å²) in [4.78, 5) is 29.2. The van der Waals surface area contributed by atoms with Crippen molar-refractivity contribution in [1.82, 2.24) is 15.6 Å². The second kappa shape index (κ2) is 9.90. The molecule has 1 atom stereocenters. The first kappa shape index (κ1) is 23.8. The first-order chi connectivity index (χ1) is 16.2. The summed E-state index contributed by atoms with van der Waals surface area (Å²) < 4.78 is 41.4. The number of nitrogens with one attached hydrogen (secondary N) is 3. The van der Waals surface area contributed by atoms with E-state index in [-0.39, 0.29) is 35.7 Å². The van der Waals surface area contributed by atoms with Crippen LogP contribution in [0.1, 0.15) is 37.3 Å². The van der Waals surface area contributed by atoms with Gasteiger partial charge in [-0.3, -0.25) is 9.59 Å². The fraction of sp³-hybridized carbons (Fsp3) is 0.458. The van der Waals surface area contributed by atoms with Crippen molar-refractivity contribution in [3.05, 3.63) is 47.7 Å². The summed E-state index contributed by atoms with van der Waals surface area (Å²) in [5.74, 6) is -0.186. The molecule has 3 heterocycles. The van der Waals surface area contributed by atoms with E-state index < -0.39 is 11.7 Å². The van der Waals surface area contributed by atoms with E-state index in [1.807, 2.05) is 0 Å². The minimum absolute atomic E-state index is 0.0183. The van der Waals surface area contributed by atoms with Crippen molar-refractivity contribution in [1.29, 1.82) is 0 Å². The fourth-order valence-corrected chi connectivity index (χ4v) is 4.20. The second-order valence-corrected chi connectivity index (χ2v) is 9.01. The fourth-order valence-electron chi connectivity index (χ4n) is 4.20. The number of carbonyl (C=O) groups is 2. The van der Waals surface area contributed by atoms with Crippen LogP contribution in [0.5, 0.6) is 0 Å². The van der Waals surface area contributed by atoms with Gasteiger partial charge < -0.3 is 20.9 Å². The number of hydrogen-bond acceptors (Lipinski definition) is 5. The van der Waals surface area contributed by atoms with Crippen LogP contribution in [-0.4, -0.2) is 36.4 Å². The number of amides is 2. The lowest BCUT2D eigenvalue weighted by Crippen LogP contribution is -2.35. The topological polar surface area (TPSA) is 86.4 Å². The molecule has 3 N–H and O–H groups in total. The molecule has 0 bridgehead atoms. The Balaban J connectivity index is 1.40. The van der Waals surface area contributed by atoms with E-state index in [0.29, 0.717) is 37.8 Å². The van der Waals surface area contributed by atoms with Crippen LogP contribution in [0.3, 0.4) is 0 Å². The summed E-state index contributed by atoms with van der Waals surface area (Å²) in [6, 6.07) is 8.13. The van der Waals surface area contributed by atoms with Crippen molar-refractivity contribution in [2.75, 3.05) is 29.9 Å². The number of anilines is 3. The summed E-state index contributed by atoms with van der Waals surface area (Å²) in [5.41, 5.74) is 0.947. The Labute approximate surface area is 196 Å². The Bertz CT molecular complexity index is 1030. The molecule has 2 aliphatic heterocycles. The zero-order valence-corrected chi connectivity index (χ0v) is 18.9. The molecular formula is C24H28F3N5O2. The molecule has 0 radical (unpaired) electrons. The molecule has 7 nitrogen and oxygen atoms in total. The van der Waals surface area contributed by atoms with Gasteiger partial charge in [0.25, 0.3) is 0 Å². The van der Waals surface area contributed by atoms with Gasteiger partial charge in [0, 0.05) is 38.3 Å². The van der Waals surface area contributed by atoms with Crippen molar-refractivity contribution in [3.8, 4) is 0 Å². The standard InChI is InChI=1S/C24H28F3N5O2/c1-15-6-8-32(9-7-15)22-20(24(25,26)27)11-19(14-29-22)31-18-4-2-16(3-5-18)12-30-23(34)17-10-21(33)28-13-17/h2-5,11,14-15,17,31H,6-10,12-13H2,1H3,(H,28,33)(H,30,34). The molecule has 10 heteroatoms. The van der Waals surface area contributed by atoms with Gasteiger partial charge in [-0.15, -0.1) is 0 Å². The maximum absolute atomic E-state index is 13.8. The molecule has 1 aromatic heterocycles. The SMILES string of the molecule is CC1CCN(c2ncc(Nc3ccc(CNC(=O)C4CNC(=O)C4)cc3)cc2C(F)(F)F)CC1. The average molecular weight is 476 g/mol. The zero-order chi connectivity index (χ0) is 24.3. The number of pyridine rings is 1. The summed E-state index contributed by atoms with van der Waals surface area (Å²) in [7, 11) is 0. The van der Waals surface area contributed by atoms with Crippen LogP contribution < -0.4 is 20.9 Å². The van der Waals surface area contributed by atoms with Gasteiger partial charge in [-0.25, -0.2) is 4.98 Å². The lowest BCUT2D eigenvalue weighted by Gasteiger charge is -2.32. The number of alkyl halides is 3. The summed E-state index contributed by atoms with van der Waals surface area (Å²) in [6.07, 6.45) is -1.19. The van der Waals surface area contributed by atoms with Gasteiger partial charge in [-0.05, 0) is 42.5 Å². The average Bonchev–Trinajstić information content (AvgIpc) is 3.25. The number of benzene rings is 1. The Hall–Kier alpha value is -3.30. The highest BCUT2D eigenvalue weighted by molar-refractivity contribution is 5.89. The molecule has 0 aliphatic carbocycles. The molecule has 2 amide bonds. The predicted molar refractivity (Wildman–Crippen MR) is 123 cm³/mol. The first-order valence-corrected chi connectivity index (χ1v) is 11.4. The molecule has 0 spiro atoms. The third-order valence-electron chi connectivity index (χ3n) is 6.31. The van der Waals surface area contributed by atoms with E-state index in [0.717, 1.165) is 24.5 Å². The minimum atomic E-state index is -4.51. The number of piperidine rings is 1.